The molecule has 2 heterocycles. The fraction of sp³-hybridized carbons (Fsp3) is 0.500. The summed E-state index contributed by atoms with van der Waals surface area (Å²) >= 11 is 0. The normalized spacial score (nSPS) is 18.2. The van der Waals surface area contributed by atoms with E-state index in [1.54, 1.807) is 18.3 Å². The zero-order valence-electron chi connectivity index (χ0n) is 9.94. The number of nitrogens with one attached hydrogen (secondary N) is 2. The van der Waals surface area contributed by atoms with Crippen LogP contribution in [0.4, 0.5) is 0 Å². The van der Waals surface area contributed by atoms with Gasteiger partial charge >= 0.3 is 5.97 Å². The van der Waals surface area contributed by atoms with Crippen molar-refractivity contribution in [2.75, 3.05) is 13.2 Å². The van der Waals surface area contributed by atoms with Crippen LogP contribution in [0.15, 0.2) is 18.3 Å². The summed E-state index contributed by atoms with van der Waals surface area (Å²) in [6, 6.07) is 3.38. The maximum atomic E-state index is 12.0. The Balaban J connectivity index is 2.09. The van der Waals surface area contributed by atoms with Crippen LogP contribution in [-0.2, 0) is 9.53 Å². The Morgan fingerprint density at radius 1 is 1.44 bits per heavy atom. The standard InChI is InChI=1S/C12H16N2O4/c15-10(16)8-12(3-6-18-7-4-12)14-11(17)9-2-1-5-13-9/h1-2,5,13H,3-4,6-8H2,(H,14,17)(H,15,16). The van der Waals surface area contributed by atoms with Gasteiger partial charge in [-0.25, -0.2) is 0 Å². The Labute approximate surface area is 104 Å². The summed E-state index contributed by atoms with van der Waals surface area (Å²) < 4.78 is 5.23. The van der Waals surface area contributed by atoms with E-state index in [1.165, 1.54) is 0 Å². The molecule has 1 saturated heterocycles. The Morgan fingerprint density at radius 2 is 2.17 bits per heavy atom. The second-order valence-electron chi connectivity index (χ2n) is 4.50. The first kappa shape index (κ1) is 12.6. The number of ether oxygens (including phenoxy) is 1. The third kappa shape index (κ3) is 2.89. The number of aromatic amines is 1. The molecule has 3 N–H and O–H groups in total. The highest BCUT2D eigenvalue weighted by Crippen LogP contribution is 2.25. The molecule has 6 heteroatoms. The van der Waals surface area contributed by atoms with Crippen LogP contribution in [-0.4, -0.2) is 40.7 Å². The van der Waals surface area contributed by atoms with Crippen LogP contribution < -0.4 is 5.32 Å². The molecule has 18 heavy (non-hydrogen) atoms. The largest absolute Gasteiger partial charge is 0.481 e. The fourth-order valence-corrected chi connectivity index (χ4v) is 2.18. The molecule has 1 fully saturated rings. The van der Waals surface area contributed by atoms with E-state index < -0.39 is 11.5 Å². The molecule has 0 unspecified atom stereocenters. The van der Waals surface area contributed by atoms with Crippen molar-refractivity contribution in [1.29, 1.82) is 0 Å². The zero-order chi connectivity index (χ0) is 13.0. The zero-order valence-corrected chi connectivity index (χ0v) is 9.94. The molecule has 0 spiro atoms. The quantitative estimate of drug-likeness (QED) is 0.738. The summed E-state index contributed by atoms with van der Waals surface area (Å²) in [4.78, 5) is 25.7. The number of hydrogen-bond acceptors (Lipinski definition) is 3. The number of carbonyl (C=O) groups excluding carboxylic acids is 1. The smallest absolute Gasteiger partial charge is 0.305 e. The van der Waals surface area contributed by atoms with Gasteiger partial charge in [-0.05, 0) is 25.0 Å². The van der Waals surface area contributed by atoms with Crippen LogP contribution in [0.1, 0.15) is 29.8 Å². The third-order valence-electron chi connectivity index (χ3n) is 3.16. The second kappa shape index (κ2) is 5.22. The highest BCUT2D eigenvalue weighted by molar-refractivity contribution is 5.93. The first-order chi connectivity index (χ1) is 8.61. The number of rotatable bonds is 4. The van der Waals surface area contributed by atoms with Gasteiger partial charge in [-0.3, -0.25) is 9.59 Å². The predicted molar refractivity (Wildman–Crippen MR) is 63.3 cm³/mol. The monoisotopic (exact) mass is 252 g/mol. The Morgan fingerprint density at radius 3 is 2.72 bits per heavy atom. The lowest BCUT2D eigenvalue weighted by molar-refractivity contribution is -0.139. The molecule has 1 aliphatic heterocycles. The van der Waals surface area contributed by atoms with Gasteiger partial charge < -0.3 is 20.1 Å². The van der Waals surface area contributed by atoms with Gasteiger partial charge in [-0.15, -0.1) is 0 Å². The minimum Gasteiger partial charge on any atom is -0.481 e. The summed E-state index contributed by atoms with van der Waals surface area (Å²) in [5.41, 5.74) is -0.266. The Kier molecular flexibility index (Phi) is 3.66. The Hall–Kier alpha value is -1.82. The van der Waals surface area contributed by atoms with Crippen molar-refractivity contribution in [2.45, 2.75) is 24.8 Å². The molecular formula is C12H16N2O4. The van der Waals surface area contributed by atoms with Gasteiger partial charge in [0.1, 0.15) is 5.69 Å². The number of aliphatic carboxylic acids is 1. The van der Waals surface area contributed by atoms with Crippen molar-refractivity contribution in [1.82, 2.24) is 10.3 Å². The van der Waals surface area contributed by atoms with E-state index in [9.17, 15) is 9.59 Å². The highest BCUT2D eigenvalue weighted by atomic mass is 16.5. The van der Waals surface area contributed by atoms with E-state index in [0.29, 0.717) is 31.7 Å². The summed E-state index contributed by atoms with van der Waals surface area (Å²) in [6.45, 7) is 0.941. The number of carboxylic acids is 1. The molecule has 1 aromatic heterocycles. The lowest BCUT2D eigenvalue weighted by Crippen LogP contribution is -2.53. The van der Waals surface area contributed by atoms with Crippen molar-refractivity contribution >= 4 is 11.9 Å². The predicted octanol–water partition coefficient (Wildman–Crippen LogP) is 0.768. The van der Waals surface area contributed by atoms with Gasteiger partial charge in [0.05, 0.1) is 12.0 Å². The van der Waals surface area contributed by atoms with Crippen LogP contribution in [0.25, 0.3) is 0 Å². The van der Waals surface area contributed by atoms with Gasteiger partial charge in [-0.2, -0.15) is 0 Å². The second-order valence-corrected chi connectivity index (χ2v) is 4.50. The van der Waals surface area contributed by atoms with Crippen molar-refractivity contribution in [3.63, 3.8) is 0 Å². The molecule has 0 atom stereocenters. The van der Waals surface area contributed by atoms with Crippen LogP contribution in [0.2, 0.25) is 0 Å². The van der Waals surface area contributed by atoms with E-state index in [4.69, 9.17) is 9.84 Å². The van der Waals surface area contributed by atoms with Gasteiger partial charge in [0, 0.05) is 19.4 Å². The van der Waals surface area contributed by atoms with E-state index >= 15 is 0 Å². The van der Waals surface area contributed by atoms with Crippen molar-refractivity contribution in [2.24, 2.45) is 0 Å². The summed E-state index contributed by atoms with van der Waals surface area (Å²) in [7, 11) is 0. The van der Waals surface area contributed by atoms with Crippen LogP contribution in [0, 0.1) is 0 Å². The van der Waals surface area contributed by atoms with Crippen molar-refractivity contribution in [3.8, 4) is 0 Å². The maximum absolute atomic E-state index is 12.0. The molecule has 0 radical (unpaired) electrons. The average Bonchev–Trinajstić information content (AvgIpc) is 2.82. The minimum absolute atomic E-state index is 0.0805. The minimum atomic E-state index is -0.913. The molecule has 1 aromatic rings. The molecule has 1 amide bonds. The number of amides is 1. The SMILES string of the molecule is O=C(O)CC1(NC(=O)c2ccc[nH]2)CCOCC1. The van der Waals surface area contributed by atoms with Crippen LogP contribution in [0.5, 0.6) is 0 Å². The highest BCUT2D eigenvalue weighted by Gasteiger charge is 2.36. The van der Waals surface area contributed by atoms with Crippen molar-refractivity contribution in [3.05, 3.63) is 24.0 Å². The Bertz CT molecular complexity index is 421. The first-order valence-corrected chi connectivity index (χ1v) is 5.87. The fourth-order valence-electron chi connectivity index (χ4n) is 2.18. The number of carbonyl (C=O) groups is 2. The molecule has 0 bridgehead atoms. The lowest BCUT2D eigenvalue weighted by atomic mass is 9.86. The number of aromatic nitrogens is 1. The number of hydrogen-bond donors (Lipinski definition) is 3. The van der Waals surface area contributed by atoms with Crippen molar-refractivity contribution < 1.29 is 19.4 Å². The van der Waals surface area contributed by atoms with Crippen LogP contribution >= 0.6 is 0 Å². The molecule has 0 saturated carbocycles. The van der Waals surface area contributed by atoms with E-state index in [2.05, 4.69) is 10.3 Å². The summed E-state index contributed by atoms with van der Waals surface area (Å²) in [6.07, 6.45) is 2.61. The molecule has 0 aromatic carbocycles. The molecule has 98 valence electrons. The molecular weight excluding hydrogens is 236 g/mol. The molecule has 1 aliphatic rings. The number of carboxylic acid groups (broad SMARTS) is 1. The summed E-state index contributed by atoms with van der Waals surface area (Å²) in [5.74, 6) is -1.19. The molecule has 6 nitrogen and oxygen atoms in total. The third-order valence-corrected chi connectivity index (χ3v) is 3.16. The van der Waals surface area contributed by atoms with E-state index in [0.717, 1.165) is 0 Å². The average molecular weight is 252 g/mol. The van der Waals surface area contributed by atoms with Gasteiger partial charge in [-0.1, -0.05) is 0 Å². The van der Waals surface area contributed by atoms with Gasteiger partial charge in [0.2, 0.25) is 0 Å². The first-order valence-electron chi connectivity index (χ1n) is 5.87. The maximum Gasteiger partial charge on any atom is 0.305 e. The summed E-state index contributed by atoms with van der Waals surface area (Å²) in [5, 5.41) is 11.8. The van der Waals surface area contributed by atoms with E-state index in [-0.39, 0.29) is 12.3 Å². The van der Waals surface area contributed by atoms with Gasteiger partial charge in [0.25, 0.3) is 5.91 Å². The topological polar surface area (TPSA) is 91.4 Å². The van der Waals surface area contributed by atoms with E-state index in [1.807, 2.05) is 0 Å². The molecule has 2 rings (SSSR count). The number of H-pyrrole nitrogens is 1. The lowest BCUT2D eigenvalue weighted by Gasteiger charge is -2.36. The van der Waals surface area contributed by atoms with Crippen LogP contribution in [0.3, 0.4) is 0 Å². The van der Waals surface area contributed by atoms with Gasteiger partial charge in [0.15, 0.2) is 0 Å². The molecule has 0 aliphatic carbocycles.